The Morgan fingerprint density at radius 3 is 2.35 bits per heavy atom. The predicted octanol–water partition coefficient (Wildman–Crippen LogP) is 3.13. The molecule has 140 valence electrons. The third-order valence-corrected chi connectivity index (χ3v) is 7.13. The molecule has 4 bridgehead atoms. The van der Waals surface area contributed by atoms with E-state index in [0.717, 1.165) is 48.9 Å². The van der Waals surface area contributed by atoms with Crippen molar-refractivity contribution in [3.63, 3.8) is 0 Å². The lowest BCUT2D eigenvalue weighted by Gasteiger charge is -2.44. The Morgan fingerprint density at radius 1 is 1.00 bits per heavy atom. The number of hydrogen-bond donors (Lipinski definition) is 1. The average molecular weight is 354 g/mol. The summed E-state index contributed by atoms with van der Waals surface area (Å²) in [6.45, 7) is 3.92. The van der Waals surface area contributed by atoms with Gasteiger partial charge in [-0.25, -0.2) is 4.98 Å². The zero-order chi connectivity index (χ0) is 17.5. The first kappa shape index (κ1) is 16.5. The van der Waals surface area contributed by atoms with Gasteiger partial charge >= 0.3 is 0 Å². The number of hydrogen-bond acceptors (Lipinski definition) is 4. The summed E-state index contributed by atoms with van der Waals surface area (Å²) in [5, 5.41) is 3.05. The summed E-state index contributed by atoms with van der Waals surface area (Å²) in [6, 6.07) is 4.71. The molecular weight excluding hydrogens is 324 g/mol. The normalized spacial score (nSPS) is 33.5. The number of rotatable bonds is 4. The van der Waals surface area contributed by atoms with Crippen molar-refractivity contribution in [1.29, 1.82) is 0 Å². The van der Waals surface area contributed by atoms with Crippen LogP contribution in [-0.2, 0) is 4.79 Å². The molecule has 2 aliphatic carbocycles. The van der Waals surface area contributed by atoms with E-state index in [2.05, 4.69) is 26.2 Å². The minimum absolute atomic E-state index is 0.100. The summed E-state index contributed by atoms with van der Waals surface area (Å²) in [5.41, 5.74) is 0.820. The van der Waals surface area contributed by atoms with Gasteiger partial charge in [0.05, 0.1) is 18.4 Å². The molecule has 4 heterocycles. The van der Waals surface area contributed by atoms with Gasteiger partial charge in [0, 0.05) is 25.7 Å². The monoisotopic (exact) mass is 354 g/mol. The minimum Gasteiger partial charge on any atom is -0.356 e. The Balaban J connectivity index is 1.17. The quantitative estimate of drug-likeness (QED) is 0.902. The van der Waals surface area contributed by atoms with Gasteiger partial charge in [0.2, 0.25) is 5.91 Å². The number of anilines is 2. The van der Waals surface area contributed by atoms with Crippen molar-refractivity contribution in [2.75, 3.05) is 36.4 Å². The first-order chi connectivity index (χ1) is 12.7. The number of amides is 1. The smallest absolute Gasteiger partial charge is 0.238 e. The van der Waals surface area contributed by atoms with E-state index in [1.54, 1.807) is 0 Å². The van der Waals surface area contributed by atoms with Crippen molar-refractivity contribution >= 4 is 17.4 Å². The number of nitrogens with zero attached hydrogens (tertiary/aromatic N) is 3. The molecule has 5 nitrogen and oxygen atoms in total. The Labute approximate surface area is 156 Å². The number of pyridine rings is 1. The molecule has 2 atom stereocenters. The van der Waals surface area contributed by atoms with Gasteiger partial charge in [0.1, 0.15) is 5.82 Å². The summed E-state index contributed by atoms with van der Waals surface area (Å²) < 4.78 is 0. The topological polar surface area (TPSA) is 48.5 Å². The minimum atomic E-state index is 0.100. The molecule has 2 unspecified atom stereocenters. The second-order valence-electron chi connectivity index (χ2n) is 9.01. The van der Waals surface area contributed by atoms with Crippen LogP contribution < -0.4 is 10.2 Å². The Kier molecular flexibility index (Phi) is 4.35. The molecule has 0 spiro atoms. The van der Waals surface area contributed by atoms with E-state index in [0.29, 0.717) is 12.6 Å². The molecule has 3 aliphatic heterocycles. The van der Waals surface area contributed by atoms with Gasteiger partial charge in [0.15, 0.2) is 0 Å². The number of piperidine rings is 3. The van der Waals surface area contributed by atoms with Crippen molar-refractivity contribution in [1.82, 2.24) is 9.88 Å². The van der Waals surface area contributed by atoms with Gasteiger partial charge in [-0.15, -0.1) is 0 Å². The SMILES string of the molecule is O=C(CN1CC2CCC1CC2)Nc1ccc(N2CC3CCC(C3)C2)nc1. The summed E-state index contributed by atoms with van der Waals surface area (Å²) in [4.78, 5) is 21.9. The Morgan fingerprint density at radius 2 is 1.73 bits per heavy atom. The average Bonchev–Trinajstić information content (AvgIpc) is 3.01. The standard InChI is InChI=1S/C21H30N4O/c26-21(14-24-11-15-3-6-19(24)7-4-15)23-18-5-8-20(22-10-18)25-12-16-1-2-17(9-16)13-25/h5,8,10,15-17,19H,1-4,6-7,9,11-14H2,(H,23,26). The van der Waals surface area contributed by atoms with Crippen LogP contribution in [-0.4, -0.2) is 48.0 Å². The summed E-state index contributed by atoms with van der Waals surface area (Å²) in [5.74, 6) is 3.69. The van der Waals surface area contributed by atoms with E-state index < -0.39 is 0 Å². The van der Waals surface area contributed by atoms with Crippen LogP contribution >= 0.6 is 0 Å². The molecule has 5 aliphatic rings. The highest BCUT2D eigenvalue weighted by atomic mass is 16.2. The summed E-state index contributed by atoms with van der Waals surface area (Å²) in [6.07, 6.45) is 11.2. The fourth-order valence-corrected chi connectivity index (χ4v) is 5.79. The third-order valence-electron chi connectivity index (χ3n) is 7.13. The summed E-state index contributed by atoms with van der Waals surface area (Å²) in [7, 11) is 0. The number of fused-ring (bicyclic) bond motifs is 5. The number of aromatic nitrogens is 1. The van der Waals surface area contributed by atoms with Crippen molar-refractivity contribution in [2.45, 2.75) is 51.0 Å². The largest absolute Gasteiger partial charge is 0.356 e. The van der Waals surface area contributed by atoms with Crippen molar-refractivity contribution in [2.24, 2.45) is 17.8 Å². The predicted molar refractivity (Wildman–Crippen MR) is 103 cm³/mol. The van der Waals surface area contributed by atoms with E-state index in [4.69, 9.17) is 0 Å². The van der Waals surface area contributed by atoms with Gasteiger partial charge < -0.3 is 10.2 Å². The maximum atomic E-state index is 12.4. The zero-order valence-corrected chi connectivity index (χ0v) is 15.6. The molecule has 1 N–H and O–H groups in total. The van der Waals surface area contributed by atoms with Crippen LogP contribution in [0.15, 0.2) is 18.3 Å². The zero-order valence-electron chi connectivity index (χ0n) is 15.6. The lowest BCUT2D eigenvalue weighted by atomic mass is 9.80. The molecule has 1 aromatic heterocycles. The van der Waals surface area contributed by atoms with Crippen LogP contribution in [0.3, 0.4) is 0 Å². The Hall–Kier alpha value is -1.62. The number of carbonyl (C=O) groups excluding carboxylic acids is 1. The Bertz CT molecular complexity index is 640. The second kappa shape index (κ2) is 6.84. The molecule has 5 heteroatoms. The lowest BCUT2D eigenvalue weighted by Crippen LogP contribution is -2.50. The highest BCUT2D eigenvalue weighted by Crippen LogP contribution is 2.38. The highest BCUT2D eigenvalue weighted by Gasteiger charge is 2.35. The fraction of sp³-hybridized carbons (Fsp3) is 0.714. The van der Waals surface area contributed by atoms with Crippen LogP contribution in [0.5, 0.6) is 0 Å². The van der Waals surface area contributed by atoms with Gasteiger partial charge in [-0.3, -0.25) is 9.69 Å². The van der Waals surface area contributed by atoms with Crippen LogP contribution in [0, 0.1) is 17.8 Å². The molecule has 0 radical (unpaired) electrons. The van der Waals surface area contributed by atoms with Crippen molar-refractivity contribution < 1.29 is 4.79 Å². The van der Waals surface area contributed by atoms with Gasteiger partial charge in [-0.1, -0.05) is 0 Å². The summed E-state index contributed by atoms with van der Waals surface area (Å²) >= 11 is 0. The number of carbonyl (C=O) groups is 1. The van der Waals surface area contributed by atoms with Gasteiger partial charge in [-0.05, 0) is 74.8 Å². The molecule has 26 heavy (non-hydrogen) atoms. The van der Waals surface area contributed by atoms with Crippen LogP contribution in [0.4, 0.5) is 11.5 Å². The molecule has 0 aromatic carbocycles. The molecule has 6 rings (SSSR count). The van der Waals surface area contributed by atoms with Gasteiger partial charge in [-0.2, -0.15) is 0 Å². The van der Waals surface area contributed by atoms with Gasteiger partial charge in [0.25, 0.3) is 0 Å². The van der Waals surface area contributed by atoms with E-state index in [1.165, 1.54) is 44.9 Å². The fourth-order valence-electron chi connectivity index (χ4n) is 5.79. The van der Waals surface area contributed by atoms with Crippen LogP contribution in [0.1, 0.15) is 44.9 Å². The molecule has 2 saturated carbocycles. The third kappa shape index (κ3) is 3.34. The first-order valence-electron chi connectivity index (χ1n) is 10.5. The lowest BCUT2D eigenvalue weighted by molar-refractivity contribution is -0.119. The second-order valence-corrected chi connectivity index (χ2v) is 9.01. The maximum absolute atomic E-state index is 12.4. The van der Waals surface area contributed by atoms with E-state index >= 15 is 0 Å². The van der Waals surface area contributed by atoms with E-state index in [9.17, 15) is 4.79 Å². The van der Waals surface area contributed by atoms with E-state index in [1.807, 2.05) is 12.3 Å². The van der Waals surface area contributed by atoms with Crippen molar-refractivity contribution in [3.8, 4) is 0 Å². The molecular formula is C21H30N4O. The van der Waals surface area contributed by atoms with E-state index in [-0.39, 0.29) is 5.91 Å². The maximum Gasteiger partial charge on any atom is 0.238 e. The number of nitrogens with one attached hydrogen (secondary N) is 1. The molecule has 5 fully saturated rings. The molecule has 1 amide bonds. The molecule has 1 aromatic rings. The molecule has 3 saturated heterocycles. The van der Waals surface area contributed by atoms with Crippen LogP contribution in [0.2, 0.25) is 0 Å². The highest BCUT2D eigenvalue weighted by molar-refractivity contribution is 5.92. The van der Waals surface area contributed by atoms with Crippen LogP contribution in [0.25, 0.3) is 0 Å². The van der Waals surface area contributed by atoms with Crippen molar-refractivity contribution in [3.05, 3.63) is 18.3 Å². The first-order valence-corrected chi connectivity index (χ1v) is 10.5.